The zero-order valence-electron chi connectivity index (χ0n) is 13.7. The molecule has 0 radical (unpaired) electrons. The molecule has 1 atom stereocenters. The second-order valence-electron chi connectivity index (χ2n) is 6.19. The first-order valence-electron chi connectivity index (χ1n) is 8.07. The second kappa shape index (κ2) is 6.96. The van der Waals surface area contributed by atoms with Crippen molar-refractivity contribution in [3.63, 3.8) is 0 Å². The predicted molar refractivity (Wildman–Crippen MR) is 89.8 cm³/mol. The first kappa shape index (κ1) is 15.7. The van der Waals surface area contributed by atoms with Crippen molar-refractivity contribution < 1.29 is 4.74 Å². The average Bonchev–Trinajstić information content (AvgIpc) is 2.55. The number of nitrogens with one attached hydrogen (secondary N) is 1. The van der Waals surface area contributed by atoms with Crippen LogP contribution in [0.3, 0.4) is 0 Å². The second-order valence-corrected chi connectivity index (χ2v) is 6.19. The van der Waals surface area contributed by atoms with Crippen LogP contribution in [0.4, 0.5) is 0 Å². The van der Waals surface area contributed by atoms with Crippen molar-refractivity contribution >= 4 is 0 Å². The van der Waals surface area contributed by atoms with Gasteiger partial charge in [0.15, 0.2) is 0 Å². The number of hydrogen-bond acceptors (Lipinski definition) is 4. The summed E-state index contributed by atoms with van der Waals surface area (Å²) in [6.45, 7) is 4.80. The maximum absolute atomic E-state index is 11.7. The number of piperidine rings is 1. The molecule has 5 heteroatoms. The molecule has 3 rings (SSSR count). The van der Waals surface area contributed by atoms with Gasteiger partial charge in [-0.05, 0) is 44.0 Å². The number of H-pyrrole nitrogens is 1. The number of hydrogen-bond donors (Lipinski definition) is 1. The van der Waals surface area contributed by atoms with E-state index in [1.54, 1.807) is 13.2 Å². The summed E-state index contributed by atoms with van der Waals surface area (Å²) in [6.07, 6.45) is 2.20. The van der Waals surface area contributed by atoms with E-state index in [1.807, 2.05) is 19.1 Å². The van der Waals surface area contributed by atoms with Crippen LogP contribution in [0, 0.1) is 6.92 Å². The zero-order valence-corrected chi connectivity index (χ0v) is 13.7. The fourth-order valence-corrected chi connectivity index (χ4v) is 3.21. The molecule has 1 aromatic heterocycles. The summed E-state index contributed by atoms with van der Waals surface area (Å²) in [6, 6.07) is 9.75. The fraction of sp³-hybridized carbons (Fsp3) is 0.444. The number of aromatic nitrogens is 2. The molecular weight excluding hydrogens is 290 g/mol. The number of benzene rings is 1. The maximum Gasteiger partial charge on any atom is 0.251 e. The maximum atomic E-state index is 11.7. The minimum absolute atomic E-state index is 0.0558. The van der Waals surface area contributed by atoms with Gasteiger partial charge in [-0.2, -0.15) is 0 Å². The van der Waals surface area contributed by atoms with Crippen LogP contribution in [0.1, 0.15) is 35.8 Å². The Labute approximate surface area is 136 Å². The largest absolute Gasteiger partial charge is 0.497 e. The molecule has 0 spiro atoms. The van der Waals surface area contributed by atoms with Crippen molar-refractivity contribution in [3.05, 3.63) is 57.8 Å². The Balaban J connectivity index is 1.68. The van der Waals surface area contributed by atoms with E-state index in [0.717, 1.165) is 49.7 Å². The van der Waals surface area contributed by atoms with Crippen molar-refractivity contribution in [1.29, 1.82) is 0 Å². The Morgan fingerprint density at radius 1 is 1.35 bits per heavy atom. The SMILES string of the molecule is COc1ccc(CN2CCCC(c3nc(C)cc(=O)[nH]3)C2)cc1. The molecule has 2 heterocycles. The van der Waals surface area contributed by atoms with Crippen LogP contribution in [-0.4, -0.2) is 35.1 Å². The molecule has 1 N–H and O–H groups in total. The van der Waals surface area contributed by atoms with Gasteiger partial charge in [0, 0.05) is 30.8 Å². The number of methoxy groups -OCH3 is 1. The third-order valence-corrected chi connectivity index (χ3v) is 4.35. The van der Waals surface area contributed by atoms with E-state index in [2.05, 4.69) is 27.0 Å². The molecule has 1 aliphatic heterocycles. The highest BCUT2D eigenvalue weighted by molar-refractivity contribution is 5.27. The van der Waals surface area contributed by atoms with E-state index in [9.17, 15) is 4.79 Å². The first-order chi connectivity index (χ1) is 11.1. The molecule has 1 aromatic carbocycles. The van der Waals surface area contributed by atoms with Gasteiger partial charge in [-0.1, -0.05) is 12.1 Å². The lowest BCUT2D eigenvalue weighted by atomic mass is 9.96. The topological polar surface area (TPSA) is 58.2 Å². The molecule has 0 saturated carbocycles. The Hall–Kier alpha value is -2.14. The number of ether oxygens (including phenoxy) is 1. The van der Waals surface area contributed by atoms with E-state index in [0.29, 0.717) is 5.92 Å². The lowest BCUT2D eigenvalue weighted by Crippen LogP contribution is -2.35. The Morgan fingerprint density at radius 3 is 2.83 bits per heavy atom. The minimum atomic E-state index is -0.0558. The monoisotopic (exact) mass is 313 g/mol. The van der Waals surface area contributed by atoms with Crippen LogP contribution in [0.25, 0.3) is 0 Å². The Kier molecular flexibility index (Phi) is 4.76. The number of nitrogens with zero attached hydrogens (tertiary/aromatic N) is 2. The highest BCUT2D eigenvalue weighted by Gasteiger charge is 2.23. The number of aryl methyl sites for hydroxylation is 1. The van der Waals surface area contributed by atoms with Gasteiger partial charge in [-0.3, -0.25) is 9.69 Å². The zero-order chi connectivity index (χ0) is 16.2. The summed E-state index contributed by atoms with van der Waals surface area (Å²) in [5.74, 6) is 2.01. The van der Waals surface area contributed by atoms with Gasteiger partial charge >= 0.3 is 0 Å². The summed E-state index contributed by atoms with van der Waals surface area (Å²) < 4.78 is 5.20. The molecule has 0 bridgehead atoms. The minimum Gasteiger partial charge on any atom is -0.497 e. The predicted octanol–water partition coefficient (Wildman–Crippen LogP) is 2.47. The Morgan fingerprint density at radius 2 is 2.13 bits per heavy atom. The van der Waals surface area contributed by atoms with Crippen LogP contribution in [0.15, 0.2) is 35.1 Å². The molecule has 0 amide bonds. The van der Waals surface area contributed by atoms with E-state index < -0.39 is 0 Å². The van der Waals surface area contributed by atoms with Gasteiger partial charge in [-0.15, -0.1) is 0 Å². The summed E-state index contributed by atoms with van der Waals surface area (Å²) >= 11 is 0. The quantitative estimate of drug-likeness (QED) is 0.942. The fourth-order valence-electron chi connectivity index (χ4n) is 3.21. The van der Waals surface area contributed by atoms with Gasteiger partial charge in [0.25, 0.3) is 5.56 Å². The van der Waals surface area contributed by atoms with Crippen LogP contribution in [0.5, 0.6) is 5.75 Å². The lowest BCUT2D eigenvalue weighted by Gasteiger charge is -2.32. The van der Waals surface area contributed by atoms with Crippen LogP contribution in [0.2, 0.25) is 0 Å². The number of aromatic amines is 1. The smallest absolute Gasteiger partial charge is 0.251 e. The summed E-state index contributed by atoms with van der Waals surface area (Å²) in [7, 11) is 1.68. The van der Waals surface area contributed by atoms with Gasteiger partial charge in [0.2, 0.25) is 0 Å². The standard InChI is InChI=1S/C18H23N3O2/c1-13-10-17(22)20-18(19-13)15-4-3-9-21(12-15)11-14-5-7-16(23-2)8-6-14/h5-8,10,15H,3-4,9,11-12H2,1-2H3,(H,19,20,22). The van der Waals surface area contributed by atoms with Crippen molar-refractivity contribution in [2.75, 3.05) is 20.2 Å². The molecule has 23 heavy (non-hydrogen) atoms. The van der Waals surface area contributed by atoms with Crippen LogP contribution in [-0.2, 0) is 6.54 Å². The highest BCUT2D eigenvalue weighted by Crippen LogP contribution is 2.25. The van der Waals surface area contributed by atoms with Crippen molar-refractivity contribution in [2.24, 2.45) is 0 Å². The molecule has 0 aliphatic carbocycles. The van der Waals surface area contributed by atoms with Crippen LogP contribution < -0.4 is 10.3 Å². The van der Waals surface area contributed by atoms with Crippen LogP contribution >= 0.6 is 0 Å². The van der Waals surface area contributed by atoms with Crippen molar-refractivity contribution in [3.8, 4) is 5.75 Å². The van der Waals surface area contributed by atoms with E-state index in [-0.39, 0.29) is 5.56 Å². The molecule has 122 valence electrons. The first-order valence-corrected chi connectivity index (χ1v) is 8.07. The van der Waals surface area contributed by atoms with E-state index >= 15 is 0 Å². The Bertz CT molecular complexity index is 709. The highest BCUT2D eigenvalue weighted by atomic mass is 16.5. The molecular formula is C18H23N3O2. The number of rotatable bonds is 4. The lowest BCUT2D eigenvalue weighted by molar-refractivity contribution is 0.196. The molecule has 1 aliphatic rings. The molecule has 5 nitrogen and oxygen atoms in total. The average molecular weight is 313 g/mol. The molecule has 1 fully saturated rings. The summed E-state index contributed by atoms with van der Waals surface area (Å²) in [5.41, 5.74) is 2.01. The van der Waals surface area contributed by atoms with E-state index in [4.69, 9.17) is 4.74 Å². The summed E-state index contributed by atoms with van der Waals surface area (Å²) in [4.78, 5) is 21.5. The van der Waals surface area contributed by atoms with Gasteiger partial charge < -0.3 is 9.72 Å². The van der Waals surface area contributed by atoms with Gasteiger partial charge in [-0.25, -0.2) is 4.98 Å². The molecule has 1 saturated heterocycles. The van der Waals surface area contributed by atoms with E-state index in [1.165, 1.54) is 5.56 Å². The number of likely N-dealkylation sites (tertiary alicyclic amines) is 1. The normalized spacial score (nSPS) is 18.8. The molecule has 2 aromatic rings. The van der Waals surface area contributed by atoms with Crippen molar-refractivity contribution in [2.45, 2.75) is 32.2 Å². The van der Waals surface area contributed by atoms with Gasteiger partial charge in [0.1, 0.15) is 11.6 Å². The van der Waals surface area contributed by atoms with Crippen molar-refractivity contribution in [1.82, 2.24) is 14.9 Å². The third kappa shape index (κ3) is 3.99. The van der Waals surface area contributed by atoms with Gasteiger partial charge in [0.05, 0.1) is 7.11 Å². The summed E-state index contributed by atoms with van der Waals surface area (Å²) in [5, 5.41) is 0. The third-order valence-electron chi connectivity index (χ3n) is 4.35. The molecule has 1 unspecified atom stereocenters.